The number of benzene rings is 1. The Morgan fingerprint density at radius 1 is 1.28 bits per heavy atom. The fourth-order valence-electron chi connectivity index (χ4n) is 3.46. The van der Waals surface area contributed by atoms with E-state index in [0.717, 1.165) is 15.6 Å². The second-order valence-electron chi connectivity index (χ2n) is 8.90. The zero-order valence-corrected chi connectivity index (χ0v) is 23.1. The van der Waals surface area contributed by atoms with Gasteiger partial charge in [0.15, 0.2) is 0 Å². The third kappa shape index (κ3) is 6.84. The number of nitrogens with zero attached hydrogens (tertiary/aromatic N) is 2. The first kappa shape index (κ1) is 30.3. The molecule has 0 saturated heterocycles. The third-order valence-electron chi connectivity index (χ3n) is 5.57. The van der Waals surface area contributed by atoms with Crippen molar-refractivity contribution in [3.8, 4) is 10.8 Å². The second-order valence-corrected chi connectivity index (χ2v) is 11.7. The summed E-state index contributed by atoms with van der Waals surface area (Å²) in [5.74, 6) is -1.04. The van der Waals surface area contributed by atoms with Crippen LogP contribution in [0.2, 0.25) is 0 Å². The lowest BCUT2D eigenvalue weighted by Crippen LogP contribution is -2.44. The van der Waals surface area contributed by atoms with Gasteiger partial charge in [-0.1, -0.05) is 18.3 Å². The van der Waals surface area contributed by atoms with Gasteiger partial charge in [0.2, 0.25) is 15.7 Å². The molecule has 0 bridgehead atoms. The average molecular weight is 596 g/mol. The number of hydrogen-bond donors (Lipinski definition) is 2. The van der Waals surface area contributed by atoms with Gasteiger partial charge < -0.3 is 19.3 Å². The molecule has 1 aromatic heterocycles. The molecule has 2 heterocycles. The van der Waals surface area contributed by atoms with Gasteiger partial charge in [-0.05, 0) is 51.8 Å². The van der Waals surface area contributed by atoms with Crippen LogP contribution in [0.15, 0.2) is 23.2 Å². The Labute approximate surface area is 226 Å². The van der Waals surface area contributed by atoms with Crippen LogP contribution in [-0.2, 0) is 26.0 Å². The van der Waals surface area contributed by atoms with Gasteiger partial charge in [-0.2, -0.15) is 21.6 Å². The highest BCUT2D eigenvalue weighted by atomic mass is 32.2. The van der Waals surface area contributed by atoms with Gasteiger partial charge in [-0.15, -0.1) is 0 Å². The Morgan fingerprint density at radius 3 is 2.56 bits per heavy atom. The number of aryl methyl sites for hydroxylation is 1. The maximum Gasteiger partial charge on any atom is 0.427 e. The Bertz CT molecular complexity index is 1330. The summed E-state index contributed by atoms with van der Waals surface area (Å²) < 4.78 is 83.9. The Kier molecular flexibility index (Phi) is 8.89. The van der Waals surface area contributed by atoms with Crippen LogP contribution in [0.3, 0.4) is 0 Å². The molecule has 11 nitrogen and oxygen atoms in total. The minimum Gasteiger partial charge on any atom is -0.486 e. The molecule has 39 heavy (non-hydrogen) atoms. The maximum atomic E-state index is 13.9. The summed E-state index contributed by atoms with van der Waals surface area (Å²) in [6.45, 7) is 4.75. The largest absolute Gasteiger partial charge is 0.486 e. The second kappa shape index (κ2) is 11.5. The van der Waals surface area contributed by atoms with Crippen LogP contribution < -0.4 is 19.1 Å². The molecule has 1 aliphatic rings. The Morgan fingerprint density at radius 2 is 1.97 bits per heavy atom. The number of nitrogens with one attached hydrogen (secondary N) is 1. The number of amides is 1. The number of aromatic nitrogens is 1. The predicted octanol–water partition coefficient (Wildman–Crippen LogP) is 4.81. The SMILES string of the molecule is CCOc1sc(CC)nc1S(=O)(=O)N1CC(CCC(=O)O)Oc2ccc(NC(=O)OC(C)(C)C(F)(F)F)cc21. The summed E-state index contributed by atoms with van der Waals surface area (Å²) in [6, 6.07) is 3.81. The number of aliphatic carboxylic acids is 1. The van der Waals surface area contributed by atoms with Crippen molar-refractivity contribution in [2.75, 3.05) is 22.8 Å². The fraction of sp³-hybridized carbons (Fsp3) is 0.522. The number of ether oxygens (including phenoxy) is 3. The van der Waals surface area contributed by atoms with Crippen molar-refractivity contribution >= 4 is 44.8 Å². The molecule has 0 saturated carbocycles. The summed E-state index contributed by atoms with van der Waals surface area (Å²) in [5, 5.41) is 11.5. The van der Waals surface area contributed by atoms with Crippen LogP contribution >= 0.6 is 11.3 Å². The number of anilines is 2. The summed E-state index contributed by atoms with van der Waals surface area (Å²) in [5.41, 5.74) is -2.89. The number of fused-ring (bicyclic) bond motifs is 1. The van der Waals surface area contributed by atoms with E-state index < -0.39 is 40.0 Å². The lowest BCUT2D eigenvalue weighted by molar-refractivity contribution is -0.242. The molecule has 3 rings (SSSR count). The number of carboxylic acids is 1. The van der Waals surface area contributed by atoms with Crippen molar-refractivity contribution in [2.24, 2.45) is 0 Å². The van der Waals surface area contributed by atoms with Gasteiger partial charge in [0.1, 0.15) is 11.9 Å². The van der Waals surface area contributed by atoms with Crippen LogP contribution in [-0.4, -0.2) is 61.6 Å². The van der Waals surface area contributed by atoms with Gasteiger partial charge in [0, 0.05) is 12.1 Å². The lowest BCUT2D eigenvalue weighted by atomic mass is 10.1. The first-order valence-corrected chi connectivity index (χ1v) is 14.1. The van der Waals surface area contributed by atoms with Gasteiger partial charge in [0.05, 0.1) is 23.8 Å². The predicted molar refractivity (Wildman–Crippen MR) is 135 cm³/mol. The quantitative estimate of drug-likeness (QED) is 0.395. The molecular weight excluding hydrogens is 567 g/mol. The zero-order chi connectivity index (χ0) is 29.2. The maximum absolute atomic E-state index is 13.9. The molecular formula is C23H28F3N3O8S2. The first-order chi connectivity index (χ1) is 18.1. The summed E-state index contributed by atoms with van der Waals surface area (Å²) in [6.07, 6.45) is -6.91. The highest BCUT2D eigenvalue weighted by molar-refractivity contribution is 7.93. The lowest BCUT2D eigenvalue weighted by Gasteiger charge is -2.35. The van der Waals surface area contributed by atoms with Crippen molar-refractivity contribution in [3.05, 3.63) is 23.2 Å². The minimum absolute atomic E-state index is 0.00472. The highest BCUT2D eigenvalue weighted by Crippen LogP contribution is 2.42. The molecule has 0 aliphatic carbocycles. The number of alkyl halides is 3. The summed E-state index contributed by atoms with van der Waals surface area (Å²) in [7, 11) is -4.39. The van der Waals surface area contributed by atoms with Gasteiger partial charge in [-0.25, -0.2) is 9.78 Å². The number of carboxylic acid groups (broad SMARTS) is 1. The summed E-state index contributed by atoms with van der Waals surface area (Å²) >= 11 is 1.08. The molecule has 0 radical (unpaired) electrons. The van der Waals surface area contributed by atoms with E-state index in [4.69, 9.17) is 14.6 Å². The average Bonchev–Trinajstić information content (AvgIpc) is 3.25. The van der Waals surface area contributed by atoms with E-state index in [2.05, 4.69) is 15.0 Å². The Hall–Kier alpha value is -3.27. The molecule has 216 valence electrons. The molecule has 0 fully saturated rings. The number of carbonyl (C=O) groups is 2. The van der Waals surface area contributed by atoms with E-state index in [1.807, 2.05) is 0 Å². The highest BCUT2D eigenvalue weighted by Gasteiger charge is 2.51. The molecule has 1 atom stereocenters. The molecule has 2 aromatic rings. The molecule has 1 unspecified atom stereocenters. The van der Waals surface area contributed by atoms with Crippen molar-refractivity contribution in [3.63, 3.8) is 0 Å². The van der Waals surface area contributed by atoms with Crippen LogP contribution in [0, 0.1) is 0 Å². The van der Waals surface area contributed by atoms with Crippen LogP contribution in [0.4, 0.5) is 29.3 Å². The van der Waals surface area contributed by atoms with Gasteiger partial charge in [0.25, 0.3) is 10.0 Å². The van der Waals surface area contributed by atoms with E-state index >= 15 is 0 Å². The van der Waals surface area contributed by atoms with Gasteiger partial charge >= 0.3 is 18.2 Å². The Balaban J connectivity index is 2.01. The normalized spacial score (nSPS) is 15.8. The topological polar surface area (TPSA) is 144 Å². The zero-order valence-electron chi connectivity index (χ0n) is 21.5. The standard InChI is InChI=1S/C23H28F3N3O8S2/c1-5-17-28-19(20(38-17)35-6-2)39(33,34)29-12-14(8-10-18(30)31)36-16-9-7-13(11-15(16)29)27-21(32)37-22(3,4)23(24,25)26/h7,9,11,14H,5-6,8,10,12H2,1-4H3,(H,27,32)(H,30,31). The third-order valence-corrected chi connectivity index (χ3v) is 8.50. The fourth-order valence-corrected chi connectivity index (χ4v) is 6.23. The smallest absolute Gasteiger partial charge is 0.427 e. The van der Waals surface area contributed by atoms with Crippen molar-refractivity contribution in [1.29, 1.82) is 0 Å². The molecule has 16 heteroatoms. The monoisotopic (exact) mass is 595 g/mol. The molecule has 1 amide bonds. The molecule has 0 spiro atoms. The van der Waals surface area contributed by atoms with Crippen LogP contribution in [0.25, 0.3) is 0 Å². The number of carbonyl (C=O) groups excluding carboxylic acids is 1. The van der Waals surface area contributed by atoms with E-state index in [1.54, 1.807) is 13.8 Å². The number of sulfonamides is 1. The minimum atomic E-state index is -4.83. The number of halogens is 3. The summed E-state index contributed by atoms with van der Waals surface area (Å²) in [4.78, 5) is 27.6. The number of thiazole rings is 1. The van der Waals surface area contributed by atoms with E-state index in [-0.39, 0.29) is 53.2 Å². The molecule has 2 N–H and O–H groups in total. The van der Waals surface area contributed by atoms with E-state index in [0.29, 0.717) is 25.3 Å². The molecule has 1 aliphatic heterocycles. The van der Waals surface area contributed by atoms with Crippen LogP contribution in [0.1, 0.15) is 45.5 Å². The van der Waals surface area contributed by atoms with Crippen LogP contribution in [0.5, 0.6) is 10.8 Å². The first-order valence-electron chi connectivity index (χ1n) is 11.8. The van der Waals surface area contributed by atoms with Crippen molar-refractivity contribution in [2.45, 2.75) is 69.9 Å². The van der Waals surface area contributed by atoms with E-state index in [9.17, 15) is 31.2 Å². The van der Waals surface area contributed by atoms with Gasteiger partial charge in [-0.3, -0.25) is 14.4 Å². The molecule has 1 aromatic carbocycles. The number of hydrogen-bond acceptors (Lipinski definition) is 9. The van der Waals surface area contributed by atoms with E-state index in [1.165, 1.54) is 18.2 Å². The van der Waals surface area contributed by atoms with Crippen molar-refractivity contribution < 1.29 is 50.5 Å². The number of rotatable bonds is 10. The van der Waals surface area contributed by atoms with Crippen molar-refractivity contribution in [1.82, 2.24) is 4.98 Å².